The van der Waals surface area contributed by atoms with Gasteiger partial charge in [-0.25, -0.2) is 4.79 Å². The number of hydrogen-bond donors (Lipinski definition) is 2. The first-order chi connectivity index (χ1) is 13.5. The zero-order valence-corrected chi connectivity index (χ0v) is 20.9. The van der Waals surface area contributed by atoms with Crippen molar-refractivity contribution in [2.24, 2.45) is 11.3 Å². The third kappa shape index (κ3) is 6.23. The zero-order valence-electron chi connectivity index (χ0n) is 20.1. The molecule has 0 aromatic heterocycles. The molecule has 1 saturated heterocycles. The normalized spacial score (nSPS) is 22.0. The van der Waals surface area contributed by atoms with Crippen LogP contribution in [0.25, 0.3) is 0 Å². The van der Waals surface area contributed by atoms with E-state index in [-0.39, 0.29) is 34.1 Å². The summed E-state index contributed by atoms with van der Waals surface area (Å²) in [7, 11) is 3.59. The second kappa shape index (κ2) is 9.73. The lowest BCUT2D eigenvalue weighted by Crippen LogP contribution is -2.60. The molecule has 1 fully saturated rings. The molecule has 3 atom stereocenters. The molecule has 1 aliphatic rings. The lowest BCUT2D eigenvalue weighted by Gasteiger charge is -2.39. The Kier molecular flexibility index (Phi) is 8.59. The Morgan fingerprint density at radius 3 is 2.17 bits per heavy atom. The fourth-order valence-electron chi connectivity index (χ4n) is 3.77. The first kappa shape index (κ1) is 26.5. The Hall–Kier alpha value is -1.54. The maximum Gasteiger partial charge on any atom is 0.331 e. The van der Waals surface area contributed by atoms with Crippen molar-refractivity contribution in [3.63, 3.8) is 0 Å². The van der Waals surface area contributed by atoms with Crippen LogP contribution in [-0.2, 0) is 14.4 Å². The average molecular weight is 442 g/mol. The molecular formula is C22H39N3O4S. The maximum absolute atomic E-state index is 13.5. The molecule has 1 heterocycles. The van der Waals surface area contributed by atoms with Gasteiger partial charge in [-0.1, -0.05) is 40.7 Å². The Morgan fingerprint density at radius 1 is 1.27 bits per heavy atom. The molecule has 0 bridgehead atoms. The van der Waals surface area contributed by atoms with Gasteiger partial charge in [0.15, 0.2) is 0 Å². The molecule has 8 heteroatoms. The van der Waals surface area contributed by atoms with E-state index < -0.39 is 23.5 Å². The quantitative estimate of drug-likeness (QED) is 0.591. The molecule has 0 radical (unpaired) electrons. The summed E-state index contributed by atoms with van der Waals surface area (Å²) in [6.45, 7) is 15.3. The predicted molar refractivity (Wildman–Crippen MR) is 122 cm³/mol. The summed E-state index contributed by atoms with van der Waals surface area (Å²) in [5.41, 5.74) is -0.321. The Balaban J connectivity index is 3.19. The Bertz CT molecular complexity index is 697. The van der Waals surface area contributed by atoms with E-state index in [2.05, 4.69) is 5.32 Å². The number of hydrogen-bond acceptors (Lipinski definition) is 5. The van der Waals surface area contributed by atoms with Gasteiger partial charge >= 0.3 is 5.97 Å². The van der Waals surface area contributed by atoms with E-state index in [1.807, 2.05) is 60.4 Å². The number of carbonyl (C=O) groups excluding carboxylic acids is 2. The van der Waals surface area contributed by atoms with Gasteiger partial charge in [-0.2, -0.15) is 0 Å². The number of carboxylic acids is 1. The van der Waals surface area contributed by atoms with Gasteiger partial charge in [-0.3, -0.25) is 14.5 Å². The van der Waals surface area contributed by atoms with E-state index >= 15 is 0 Å². The van der Waals surface area contributed by atoms with Crippen LogP contribution in [-0.4, -0.2) is 75.5 Å². The van der Waals surface area contributed by atoms with Crippen LogP contribution in [0, 0.1) is 11.3 Å². The van der Waals surface area contributed by atoms with Gasteiger partial charge in [0.2, 0.25) is 11.8 Å². The van der Waals surface area contributed by atoms with Crippen LogP contribution in [0.15, 0.2) is 11.6 Å². The zero-order chi connectivity index (χ0) is 23.6. The van der Waals surface area contributed by atoms with Gasteiger partial charge in [0.25, 0.3) is 0 Å². The van der Waals surface area contributed by atoms with Crippen LogP contribution in [0.2, 0.25) is 0 Å². The first-order valence-electron chi connectivity index (χ1n) is 10.3. The van der Waals surface area contributed by atoms with Crippen molar-refractivity contribution in [2.45, 2.75) is 78.3 Å². The minimum Gasteiger partial charge on any atom is -0.478 e. The molecule has 1 rings (SSSR count). The number of aliphatic carboxylic acids is 1. The highest BCUT2D eigenvalue weighted by Crippen LogP contribution is 2.38. The number of thioether (sulfide) groups is 1. The van der Waals surface area contributed by atoms with Crippen molar-refractivity contribution in [3.8, 4) is 0 Å². The molecule has 172 valence electrons. The largest absolute Gasteiger partial charge is 0.478 e. The summed E-state index contributed by atoms with van der Waals surface area (Å²) in [5.74, 6) is -0.622. The summed E-state index contributed by atoms with van der Waals surface area (Å²) in [6, 6.07) is -1.46. The summed E-state index contributed by atoms with van der Waals surface area (Å²) >= 11 is 1.72. The molecule has 0 saturated carbocycles. The average Bonchev–Trinajstić information content (AvgIpc) is 2.87. The van der Waals surface area contributed by atoms with Crippen LogP contribution >= 0.6 is 11.8 Å². The maximum atomic E-state index is 13.5. The predicted octanol–water partition coefficient (Wildman–Crippen LogP) is 2.81. The van der Waals surface area contributed by atoms with E-state index in [1.165, 1.54) is 6.92 Å². The molecule has 7 nitrogen and oxygen atoms in total. The molecule has 0 spiro atoms. The van der Waals surface area contributed by atoms with Crippen LogP contribution in [0.3, 0.4) is 0 Å². The molecule has 0 aliphatic carbocycles. The molecule has 0 aromatic carbocycles. The summed E-state index contributed by atoms with van der Waals surface area (Å²) in [6.07, 6.45) is 1.61. The fourth-order valence-corrected chi connectivity index (χ4v) is 4.90. The van der Waals surface area contributed by atoms with Gasteiger partial charge in [-0.15, -0.1) is 11.8 Å². The molecule has 1 aliphatic heterocycles. The minimum atomic E-state index is -1.01. The van der Waals surface area contributed by atoms with E-state index in [0.717, 1.165) is 5.88 Å². The van der Waals surface area contributed by atoms with Crippen molar-refractivity contribution in [2.75, 3.05) is 20.0 Å². The highest BCUT2D eigenvalue weighted by molar-refractivity contribution is 8.00. The van der Waals surface area contributed by atoms with Crippen LogP contribution in [0.4, 0.5) is 0 Å². The summed E-state index contributed by atoms with van der Waals surface area (Å²) < 4.78 is -0.252. The Labute approximate surface area is 185 Å². The Morgan fingerprint density at radius 2 is 1.80 bits per heavy atom. The highest BCUT2D eigenvalue weighted by Gasteiger charge is 2.46. The molecule has 30 heavy (non-hydrogen) atoms. The molecule has 0 aromatic rings. The smallest absolute Gasteiger partial charge is 0.331 e. The van der Waals surface area contributed by atoms with Gasteiger partial charge in [0.1, 0.15) is 12.1 Å². The highest BCUT2D eigenvalue weighted by atomic mass is 32.2. The number of carbonyl (C=O) groups is 3. The van der Waals surface area contributed by atoms with E-state index in [9.17, 15) is 19.5 Å². The molecule has 2 unspecified atom stereocenters. The minimum absolute atomic E-state index is 0.0147. The van der Waals surface area contributed by atoms with Crippen molar-refractivity contribution in [1.82, 2.24) is 15.1 Å². The monoisotopic (exact) mass is 441 g/mol. The summed E-state index contributed by atoms with van der Waals surface area (Å²) in [4.78, 5) is 41.6. The SMILES string of the molecule is C/C(=C\C(C(C)C)N(C)C(=O)[C@H](NC(=O)C1N(C)CSC1(C)C)C(C)(C)C)C(=O)O. The number of nitrogens with zero attached hydrogens (tertiary/aromatic N) is 2. The second-order valence-electron chi connectivity index (χ2n) is 10.2. The van der Waals surface area contributed by atoms with Gasteiger partial charge in [0.05, 0.1) is 6.04 Å². The third-order valence-corrected chi connectivity index (χ3v) is 7.13. The second-order valence-corrected chi connectivity index (χ2v) is 11.8. The molecule has 2 N–H and O–H groups in total. The van der Waals surface area contributed by atoms with Gasteiger partial charge < -0.3 is 15.3 Å². The molecular weight excluding hydrogens is 402 g/mol. The number of nitrogens with one attached hydrogen (secondary N) is 1. The number of carboxylic acid groups (broad SMARTS) is 1. The van der Waals surface area contributed by atoms with Crippen molar-refractivity contribution in [1.29, 1.82) is 0 Å². The van der Waals surface area contributed by atoms with Crippen molar-refractivity contribution < 1.29 is 19.5 Å². The van der Waals surface area contributed by atoms with Gasteiger partial charge in [-0.05, 0) is 39.2 Å². The van der Waals surface area contributed by atoms with E-state index in [0.29, 0.717) is 0 Å². The van der Waals surface area contributed by atoms with Crippen LogP contribution in [0.5, 0.6) is 0 Å². The van der Waals surface area contributed by atoms with Crippen LogP contribution < -0.4 is 5.32 Å². The number of likely N-dealkylation sites (N-methyl/N-ethyl adjacent to an activating group) is 2. The lowest BCUT2D eigenvalue weighted by molar-refractivity contribution is -0.141. The fraction of sp³-hybridized carbons (Fsp3) is 0.773. The van der Waals surface area contributed by atoms with Gasteiger partial charge in [0, 0.05) is 23.2 Å². The standard InChI is InChI=1S/C22H39N3O4S/c1-13(2)15(11-14(3)20(28)29)25(10)19(27)16(21(4,5)6)23-18(26)17-22(7,8)30-12-24(17)9/h11,13,15-17H,12H2,1-10H3,(H,23,26)(H,28,29)/b14-11+/t15?,16-,17?/m0/s1. The molecule has 2 amide bonds. The van der Waals surface area contributed by atoms with E-state index in [4.69, 9.17) is 0 Å². The number of amides is 2. The van der Waals surface area contributed by atoms with Crippen molar-refractivity contribution >= 4 is 29.5 Å². The first-order valence-corrected chi connectivity index (χ1v) is 11.3. The van der Waals surface area contributed by atoms with Crippen molar-refractivity contribution in [3.05, 3.63) is 11.6 Å². The van der Waals surface area contributed by atoms with Crippen LogP contribution in [0.1, 0.15) is 55.4 Å². The van der Waals surface area contributed by atoms with E-state index in [1.54, 1.807) is 29.8 Å². The topological polar surface area (TPSA) is 90.0 Å². The summed E-state index contributed by atoms with van der Waals surface area (Å²) in [5, 5.41) is 12.3. The number of rotatable bonds is 7. The lowest BCUT2D eigenvalue weighted by atomic mass is 9.84. The third-order valence-electron chi connectivity index (χ3n) is 5.62.